The maximum absolute atomic E-state index is 13.8. The molecule has 2 aromatic carbocycles. The fraction of sp³-hybridized carbons (Fsp3) is 0.0625. The fourth-order valence-corrected chi connectivity index (χ4v) is 2.14. The molecule has 0 aliphatic heterocycles. The number of hydrogen-bond donors (Lipinski definition) is 1. The number of rotatable bonds is 3. The first-order chi connectivity index (χ1) is 11.1. The van der Waals surface area contributed by atoms with Crippen LogP contribution in [0.2, 0.25) is 0 Å². The van der Waals surface area contributed by atoms with Crippen LogP contribution >= 0.6 is 0 Å². The van der Waals surface area contributed by atoms with E-state index in [0.717, 1.165) is 0 Å². The summed E-state index contributed by atoms with van der Waals surface area (Å²) in [7, 11) is 0. The largest absolute Gasteiger partial charge is 0.318 e. The monoisotopic (exact) mass is 314 g/mol. The first-order valence-corrected chi connectivity index (χ1v) is 6.81. The minimum atomic E-state index is -0.616. The molecule has 1 N–H and O–H groups in total. The molecule has 1 aromatic heterocycles. The number of benzene rings is 2. The molecular formula is C16H12F2N4O. The second-order valence-corrected chi connectivity index (χ2v) is 4.82. The number of carbonyl (C=O) groups is 1. The highest BCUT2D eigenvalue weighted by atomic mass is 19.1. The highest BCUT2D eigenvalue weighted by molar-refractivity contribution is 6.03. The standard InChI is InChI=1S/C16H12F2N4O/c1-10-15(16(23)19-13-8-4-2-6-11(13)17)20-21-22(10)14-9-5-3-7-12(14)18/h2-9H,1H3,(H,19,23). The van der Waals surface area contributed by atoms with Crippen molar-refractivity contribution in [2.24, 2.45) is 0 Å². The summed E-state index contributed by atoms with van der Waals surface area (Å²) in [6.45, 7) is 1.59. The van der Waals surface area contributed by atoms with Crippen LogP contribution in [0.15, 0.2) is 48.5 Å². The third-order valence-electron chi connectivity index (χ3n) is 3.31. The molecule has 0 spiro atoms. The van der Waals surface area contributed by atoms with Crippen LogP contribution in [0.25, 0.3) is 5.69 Å². The third-order valence-corrected chi connectivity index (χ3v) is 3.31. The lowest BCUT2D eigenvalue weighted by Crippen LogP contribution is -2.15. The first kappa shape index (κ1) is 14.8. The molecule has 0 saturated heterocycles. The van der Waals surface area contributed by atoms with Gasteiger partial charge in [-0.05, 0) is 31.2 Å². The molecule has 1 amide bonds. The molecule has 1 heterocycles. The predicted octanol–water partition coefficient (Wildman–Crippen LogP) is 3.11. The smallest absolute Gasteiger partial charge is 0.278 e. The maximum Gasteiger partial charge on any atom is 0.278 e. The molecular weight excluding hydrogens is 302 g/mol. The summed E-state index contributed by atoms with van der Waals surface area (Å²) >= 11 is 0. The van der Waals surface area contributed by atoms with Gasteiger partial charge in [-0.2, -0.15) is 0 Å². The molecule has 0 atom stereocenters. The fourth-order valence-electron chi connectivity index (χ4n) is 2.14. The zero-order chi connectivity index (χ0) is 16.4. The van der Waals surface area contributed by atoms with E-state index < -0.39 is 17.5 Å². The van der Waals surface area contributed by atoms with Crippen LogP contribution in [0, 0.1) is 18.6 Å². The Morgan fingerprint density at radius 1 is 1.04 bits per heavy atom. The summed E-state index contributed by atoms with van der Waals surface area (Å²) in [5.41, 5.74) is 0.570. The van der Waals surface area contributed by atoms with Crippen molar-refractivity contribution in [2.45, 2.75) is 6.92 Å². The van der Waals surface area contributed by atoms with E-state index in [1.54, 1.807) is 25.1 Å². The SMILES string of the molecule is Cc1c(C(=O)Nc2ccccc2F)nnn1-c1ccccc1F. The van der Waals surface area contributed by atoms with Crippen molar-refractivity contribution in [2.75, 3.05) is 5.32 Å². The number of nitrogens with zero attached hydrogens (tertiary/aromatic N) is 3. The molecule has 0 bridgehead atoms. The Morgan fingerprint density at radius 3 is 2.39 bits per heavy atom. The molecule has 0 aliphatic rings. The van der Waals surface area contributed by atoms with Crippen LogP contribution < -0.4 is 5.32 Å². The van der Waals surface area contributed by atoms with Gasteiger partial charge in [0.05, 0.1) is 11.4 Å². The Labute approximate surface area is 130 Å². The van der Waals surface area contributed by atoms with Gasteiger partial charge in [0.2, 0.25) is 0 Å². The highest BCUT2D eigenvalue weighted by Crippen LogP contribution is 2.18. The maximum atomic E-state index is 13.8. The van der Waals surface area contributed by atoms with E-state index in [4.69, 9.17) is 0 Å². The lowest BCUT2D eigenvalue weighted by Gasteiger charge is -2.06. The number of hydrogen-bond acceptors (Lipinski definition) is 3. The Kier molecular flexibility index (Phi) is 3.84. The van der Waals surface area contributed by atoms with Gasteiger partial charge < -0.3 is 5.32 Å². The summed E-state index contributed by atoms with van der Waals surface area (Å²) in [4.78, 5) is 12.2. The molecule has 0 fully saturated rings. The van der Waals surface area contributed by atoms with Gasteiger partial charge >= 0.3 is 0 Å². The van der Waals surface area contributed by atoms with Gasteiger partial charge in [-0.25, -0.2) is 13.5 Å². The molecule has 116 valence electrons. The van der Waals surface area contributed by atoms with Crippen molar-refractivity contribution >= 4 is 11.6 Å². The van der Waals surface area contributed by atoms with Gasteiger partial charge in [0.25, 0.3) is 5.91 Å². The van der Waals surface area contributed by atoms with Gasteiger partial charge in [-0.1, -0.05) is 29.5 Å². The molecule has 23 heavy (non-hydrogen) atoms. The average Bonchev–Trinajstić information content (AvgIpc) is 2.92. The van der Waals surface area contributed by atoms with Crippen LogP contribution in [-0.4, -0.2) is 20.9 Å². The highest BCUT2D eigenvalue weighted by Gasteiger charge is 2.19. The van der Waals surface area contributed by atoms with Crippen LogP contribution in [0.1, 0.15) is 16.2 Å². The van der Waals surface area contributed by atoms with E-state index in [1.165, 1.54) is 35.0 Å². The second-order valence-electron chi connectivity index (χ2n) is 4.82. The van der Waals surface area contributed by atoms with E-state index in [0.29, 0.717) is 5.69 Å². The Hall–Kier alpha value is -3.09. The molecule has 5 nitrogen and oxygen atoms in total. The minimum Gasteiger partial charge on any atom is -0.318 e. The molecule has 3 aromatic rings. The zero-order valence-corrected chi connectivity index (χ0v) is 12.1. The lowest BCUT2D eigenvalue weighted by molar-refractivity contribution is 0.102. The summed E-state index contributed by atoms with van der Waals surface area (Å²) < 4.78 is 28.6. The molecule has 3 rings (SSSR count). The summed E-state index contributed by atoms with van der Waals surface area (Å²) in [6, 6.07) is 11.8. The minimum absolute atomic E-state index is 0.00324. The summed E-state index contributed by atoms with van der Waals surface area (Å²) in [5.74, 6) is -1.66. The number of halogens is 2. The molecule has 0 unspecified atom stereocenters. The van der Waals surface area contributed by atoms with E-state index in [1.807, 2.05) is 0 Å². The number of amides is 1. The second kappa shape index (κ2) is 5.96. The summed E-state index contributed by atoms with van der Waals surface area (Å²) in [6.07, 6.45) is 0. The number of aromatic nitrogens is 3. The van der Waals surface area contributed by atoms with Crippen molar-refractivity contribution in [3.8, 4) is 5.69 Å². The quantitative estimate of drug-likeness (QED) is 0.808. The number of carbonyl (C=O) groups excluding carboxylic acids is 1. The van der Waals surface area contributed by atoms with E-state index in [9.17, 15) is 13.6 Å². The van der Waals surface area contributed by atoms with Crippen molar-refractivity contribution < 1.29 is 13.6 Å². The van der Waals surface area contributed by atoms with Crippen LogP contribution in [0.3, 0.4) is 0 Å². The van der Waals surface area contributed by atoms with Crippen LogP contribution in [0.4, 0.5) is 14.5 Å². The van der Waals surface area contributed by atoms with Gasteiger partial charge in [0, 0.05) is 0 Å². The van der Waals surface area contributed by atoms with Crippen molar-refractivity contribution in [3.05, 3.63) is 71.6 Å². The molecule has 0 radical (unpaired) electrons. The Balaban J connectivity index is 1.92. The van der Waals surface area contributed by atoms with E-state index >= 15 is 0 Å². The topological polar surface area (TPSA) is 59.8 Å². The predicted molar refractivity (Wildman–Crippen MR) is 80.4 cm³/mol. The Morgan fingerprint density at radius 2 is 1.70 bits per heavy atom. The van der Waals surface area contributed by atoms with Gasteiger partial charge in [-0.3, -0.25) is 4.79 Å². The number of para-hydroxylation sites is 2. The van der Waals surface area contributed by atoms with E-state index in [-0.39, 0.29) is 17.1 Å². The molecule has 0 saturated carbocycles. The molecule has 0 aliphatic carbocycles. The summed E-state index contributed by atoms with van der Waals surface area (Å²) in [5, 5.41) is 10.00. The van der Waals surface area contributed by atoms with Crippen LogP contribution in [0.5, 0.6) is 0 Å². The third kappa shape index (κ3) is 2.80. The Bertz CT molecular complexity index is 876. The normalized spacial score (nSPS) is 10.6. The van der Waals surface area contributed by atoms with Crippen molar-refractivity contribution in [1.29, 1.82) is 0 Å². The van der Waals surface area contributed by atoms with Gasteiger partial charge in [0.15, 0.2) is 5.69 Å². The number of nitrogens with one attached hydrogen (secondary N) is 1. The van der Waals surface area contributed by atoms with Gasteiger partial charge in [0.1, 0.15) is 17.3 Å². The first-order valence-electron chi connectivity index (χ1n) is 6.81. The van der Waals surface area contributed by atoms with Crippen molar-refractivity contribution in [3.63, 3.8) is 0 Å². The van der Waals surface area contributed by atoms with Crippen LogP contribution in [-0.2, 0) is 0 Å². The lowest BCUT2D eigenvalue weighted by atomic mass is 10.2. The van der Waals surface area contributed by atoms with Crippen molar-refractivity contribution in [1.82, 2.24) is 15.0 Å². The average molecular weight is 314 g/mol. The zero-order valence-electron chi connectivity index (χ0n) is 12.1. The molecule has 7 heteroatoms. The number of anilines is 1. The van der Waals surface area contributed by atoms with Gasteiger partial charge in [-0.15, -0.1) is 5.10 Å². The van der Waals surface area contributed by atoms with E-state index in [2.05, 4.69) is 15.6 Å².